The molecule has 164 valence electrons. The van der Waals surface area contributed by atoms with Crippen LogP contribution in [0.3, 0.4) is 0 Å². The molecule has 1 atom stereocenters. The van der Waals surface area contributed by atoms with Gasteiger partial charge in [0.1, 0.15) is 17.1 Å². The Labute approximate surface area is 179 Å². The zero-order valence-corrected chi connectivity index (χ0v) is 16.6. The molecule has 3 N–H and O–H groups in total. The number of likely N-dealkylation sites (N-methyl/N-ethyl adjacent to an activating group) is 1. The molecule has 1 aliphatic rings. The van der Waals surface area contributed by atoms with Gasteiger partial charge in [-0.25, -0.2) is 15.0 Å². The van der Waals surface area contributed by atoms with Gasteiger partial charge < -0.3 is 20.5 Å². The monoisotopic (exact) mass is 443 g/mol. The van der Waals surface area contributed by atoms with Crippen molar-refractivity contribution in [2.75, 3.05) is 19.3 Å². The Kier molecular flexibility index (Phi) is 5.10. The lowest BCUT2D eigenvalue weighted by molar-refractivity contribution is -0.274. The Morgan fingerprint density at radius 1 is 1.28 bits per heavy atom. The summed E-state index contributed by atoms with van der Waals surface area (Å²) in [6.45, 7) is 0.341. The topological polar surface area (TPSA) is 114 Å². The van der Waals surface area contributed by atoms with Crippen LogP contribution in [0, 0.1) is 11.8 Å². The number of nitrogen functional groups attached to an aromatic ring is 1. The molecule has 11 heteroatoms. The number of aliphatic hydroxyl groups is 1. The third-order valence-electron chi connectivity index (χ3n) is 4.90. The third kappa shape index (κ3) is 4.13. The van der Waals surface area contributed by atoms with E-state index in [4.69, 9.17) is 5.73 Å². The smallest absolute Gasteiger partial charge is 0.405 e. The minimum absolute atomic E-state index is 0.0875. The van der Waals surface area contributed by atoms with Crippen LogP contribution in [0.1, 0.15) is 12.0 Å². The number of alkyl halides is 3. The molecule has 0 radical (unpaired) electrons. The van der Waals surface area contributed by atoms with E-state index in [2.05, 4.69) is 31.5 Å². The van der Waals surface area contributed by atoms with Crippen LogP contribution in [0.5, 0.6) is 5.75 Å². The molecular weight excluding hydrogens is 427 g/mol. The normalized spacial score (nSPS) is 18.5. The van der Waals surface area contributed by atoms with E-state index >= 15 is 0 Å². The Bertz CT molecular complexity index is 1290. The molecule has 3 aromatic rings. The summed E-state index contributed by atoms with van der Waals surface area (Å²) in [5, 5.41) is 11.0. The molecule has 4 rings (SSSR count). The minimum Gasteiger partial charge on any atom is -0.405 e. The fraction of sp³-hybridized carbons (Fsp3) is 0.238. The van der Waals surface area contributed by atoms with E-state index in [-0.39, 0.29) is 34.7 Å². The van der Waals surface area contributed by atoms with Gasteiger partial charge in [-0.2, -0.15) is 0 Å². The van der Waals surface area contributed by atoms with Crippen LogP contribution in [0.4, 0.5) is 19.0 Å². The molecule has 1 fully saturated rings. The third-order valence-corrected chi connectivity index (χ3v) is 4.90. The van der Waals surface area contributed by atoms with Gasteiger partial charge in [-0.3, -0.25) is 4.79 Å². The number of nitrogens with two attached hydrogens (primary N) is 1. The standard InChI is InChI=1S/C21H16F3N5O3/c1-29-9-7-20(31,19(29)30)6-4-12-2-3-15(32-21(22,23)24)14(10-12)18-27-11-13-5-8-26-17(25)16(13)28-18/h2-3,5,8,10-11,31H,7,9H2,1H3,(H2,25,26)/t20-/m0/s1. The van der Waals surface area contributed by atoms with Crippen LogP contribution in [0.2, 0.25) is 0 Å². The molecule has 0 saturated carbocycles. The lowest BCUT2D eigenvalue weighted by atomic mass is 10.0. The van der Waals surface area contributed by atoms with Gasteiger partial charge in [-0.1, -0.05) is 11.8 Å². The molecule has 0 bridgehead atoms. The largest absolute Gasteiger partial charge is 0.573 e. The quantitative estimate of drug-likeness (QED) is 0.583. The molecule has 1 aliphatic heterocycles. The van der Waals surface area contributed by atoms with Gasteiger partial charge in [-0.05, 0) is 24.3 Å². The van der Waals surface area contributed by atoms with Gasteiger partial charge in [0.2, 0.25) is 5.60 Å². The SMILES string of the molecule is CN1CC[C@@](O)(C#Cc2ccc(OC(F)(F)F)c(-c3ncc4ccnc(N)c4n3)c2)C1=O. The Balaban J connectivity index is 1.81. The van der Waals surface area contributed by atoms with Gasteiger partial charge in [0, 0.05) is 43.4 Å². The second kappa shape index (κ2) is 7.65. The van der Waals surface area contributed by atoms with Crippen molar-refractivity contribution < 1.29 is 27.8 Å². The average molecular weight is 443 g/mol. The van der Waals surface area contributed by atoms with Crippen LogP contribution < -0.4 is 10.5 Å². The number of hydrogen-bond acceptors (Lipinski definition) is 7. The maximum atomic E-state index is 12.9. The van der Waals surface area contributed by atoms with Crippen molar-refractivity contribution in [3.8, 4) is 29.0 Å². The predicted molar refractivity (Wildman–Crippen MR) is 108 cm³/mol. The summed E-state index contributed by atoms with van der Waals surface area (Å²) in [7, 11) is 1.54. The van der Waals surface area contributed by atoms with Crippen molar-refractivity contribution in [2.24, 2.45) is 0 Å². The minimum atomic E-state index is -4.95. The van der Waals surface area contributed by atoms with E-state index < -0.39 is 23.6 Å². The average Bonchev–Trinajstić information content (AvgIpc) is 3.00. The molecule has 0 aliphatic carbocycles. The first-order valence-electron chi connectivity index (χ1n) is 9.34. The van der Waals surface area contributed by atoms with Crippen LogP contribution in [0.25, 0.3) is 22.3 Å². The van der Waals surface area contributed by atoms with Crippen LogP contribution in [-0.2, 0) is 4.79 Å². The highest BCUT2D eigenvalue weighted by atomic mass is 19.4. The molecule has 1 saturated heterocycles. The van der Waals surface area contributed by atoms with E-state index in [0.717, 1.165) is 6.07 Å². The zero-order chi connectivity index (χ0) is 23.1. The second-order valence-electron chi connectivity index (χ2n) is 7.17. The fourth-order valence-corrected chi connectivity index (χ4v) is 3.25. The van der Waals surface area contributed by atoms with Crippen molar-refractivity contribution in [1.29, 1.82) is 0 Å². The number of ether oxygens (including phenoxy) is 1. The number of anilines is 1. The molecular formula is C21H16F3N5O3. The van der Waals surface area contributed by atoms with Gasteiger partial charge in [-0.15, -0.1) is 13.2 Å². The number of pyridine rings is 1. The summed E-state index contributed by atoms with van der Waals surface area (Å²) >= 11 is 0. The number of aromatic nitrogens is 3. The van der Waals surface area contributed by atoms with E-state index in [1.54, 1.807) is 13.1 Å². The van der Waals surface area contributed by atoms with Gasteiger partial charge in [0.15, 0.2) is 5.82 Å². The maximum Gasteiger partial charge on any atom is 0.573 e. The molecule has 1 amide bonds. The molecule has 3 heterocycles. The Morgan fingerprint density at radius 2 is 2.06 bits per heavy atom. The van der Waals surface area contributed by atoms with Crippen LogP contribution in [0.15, 0.2) is 36.7 Å². The number of amides is 1. The number of hydrogen-bond donors (Lipinski definition) is 2. The van der Waals surface area contributed by atoms with E-state index in [9.17, 15) is 23.1 Å². The van der Waals surface area contributed by atoms with Gasteiger partial charge >= 0.3 is 6.36 Å². The van der Waals surface area contributed by atoms with Crippen molar-refractivity contribution in [3.05, 3.63) is 42.2 Å². The zero-order valence-electron chi connectivity index (χ0n) is 16.6. The molecule has 0 unspecified atom stereocenters. The predicted octanol–water partition coefficient (Wildman–Crippen LogP) is 2.12. The second-order valence-corrected chi connectivity index (χ2v) is 7.17. The lowest BCUT2D eigenvalue weighted by Crippen LogP contribution is -2.37. The van der Waals surface area contributed by atoms with Crippen LogP contribution >= 0.6 is 0 Å². The highest BCUT2D eigenvalue weighted by Gasteiger charge is 2.42. The number of carbonyl (C=O) groups is 1. The number of fused-ring (bicyclic) bond motifs is 1. The fourth-order valence-electron chi connectivity index (χ4n) is 3.25. The number of carbonyl (C=O) groups excluding carboxylic acids is 1. The van der Waals surface area contributed by atoms with Crippen molar-refractivity contribution in [3.63, 3.8) is 0 Å². The van der Waals surface area contributed by atoms with E-state index in [1.165, 1.54) is 29.4 Å². The summed E-state index contributed by atoms with van der Waals surface area (Å²) in [5.74, 6) is 4.09. The first-order chi connectivity index (χ1) is 15.1. The van der Waals surface area contributed by atoms with Crippen LogP contribution in [-0.4, -0.2) is 56.4 Å². The first-order valence-corrected chi connectivity index (χ1v) is 9.34. The van der Waals surface area contributed by atoms with Gasteiger partial charge in [0.25, 0.3) is 5.91 Å². The molecule has 0 spiro atoms. The molecule has 2 aromatic heterocycles. The highest BCUT2D eigenvalue weighted by Crippen LogP contribution is 2.34. The Hall–Kier alpha value is -3.91. The maximum absolute atomic E-state index is 12.9. The summed E-state index contributed by atoms with van der Waals surface area (Å²) in [5.41, 5.74) is 4.38. The lowest BCUT2D eigenvalue weighted by Gasteiger charge is -2.14. The number of halogens is 3. The van der Waals surface area contributed by atoms with Crippen molar-refractivity contribution in [1.82, 2.24) is 19.9 Å². The van der Waals surface area contributed by atoms with Crippen molar-refractivity contribution in [2.45, 2.75) is 18.4 Å². The number of nitrogens with zero attached hydrogens (tertiary/aromatic N) is 4. The molecule has 32 heavy (non-hydrogen) atoms. The van der Waals surface area contributed by atoms with E-state index in [1.807, 2.05) is 0 Å². The molecule has 8 nitrogen and oxygen atoms in total. The summed E-state index contributed by atoms with van der Waals surface area (Å²) in [6, 6.07) is 5.25. The summed E-state index contributed by atoms with van der Waals surface area (Å²) < 4.78 is 43.0. The number of likely N-dealkylation sites (tertiary alicyclic amines) is 1. The highest BCUT2D eigenvalue weighted by molar-refractivity contribution is 5.90. The number of rotatable bonds is 2. The van der Waals surface area contributed by atoms with E-state index in [0.29, 0.717) is 11.9 Å². The summed E-state index contributed by atoms with van der Waals surface area (Å²) in [4.78, 5) is 25.7. The number of benzene rings is 1. The summed E-state index contributed by atoms with van der Waals surface area (Å²) in [6.07, 6.45) is -1.96. The Morgan fingerprint density at radius 3 is 2.75 bits per heavy atom. The van der Waals surface area contributed by atoms with Gasteiger partial charge in [0.05, 0.1) is 5.56 Å². The van der Waals surface area contributed by atoms with Crippen molar-refractivity contribution >= 4 is 22.6 Å². The first kappa shape index (κ1) is 21.3. The molecule has 1 aromatic carbocycles.